The number of halogens is 3. The van der Waals surface area contributed by atoms with Gasteiger partial charge in [0.2, 0.25) is 5.76 Å². The van der Waals surface area contributed by atoms with Crippen molar-refractivity contribution in [3.8, 4) is 5.75 Å². The molecule has 1 aliphatic heterocycles. The minimum absolute atomic E-state index is 0.0401. The molecule has 1 aromatic carbocycles. The van der Waals surface area contributed by atoms with Gasteiger partial charge in [-0.3, -0.25) is 9.69 Å². The van der Waals surface area contributed by atoms with Crippen molar-refractivity contribution in [2.75, 3.05) is 18.1 Å². The number of ether oxygens (including phenoxy) is 2. The van der Waals surface area contributed by atoms with E-state index in [-0.39, 0.29) is 24.2 Å². The Hall–Kier alpha value is -2.66. The predicted molar refractivity (Wildman–Crippen MR) is 93.5 cm³/mol. The summed E-state index contributed by atoms with van der Waals surface area (Å²) >= 11 is 1.08. The molecule has 11 heteroatoms. The Morgan fingerprint density at radius 2 is 2.21 bits per heavy atom. The number of nitrogens with zero attached hydrogens (tertiary/aromatic N) is 3. The molecule has 2 aromatic heterocycles. The number of hydrogen-bond acceptors (Lipinski definition) is 7. The standard InChI is InChI=1S/C17H14F3N3O4S/c18-17(19,20)26-10-3-4-12-14(8-10)28-16(22-12)23(9-11-2-1-7-25-11)15(24)13-5-6-21-27-13/h3-6,8,11H,1-2,7,9H2. The molecule has 0 radical (unpaired) electrons. The molecule has 28 heavy (non-hydrogen) atoms. The third-order valence-electron chi connectivity index (χ3n) is 4.12. The van der Waals surface area contributed by atoms with Crippen LogP contribution < -0.4 is 9.64 Å². The Balaban J connectivity index is 1.66. The van der Waals surface area contributed by atoms with E-state index in [2.05, 4.69) is 14.9 Å². The second-order valence-corrected chi connectivity index (χ2v) is 7.11. The summed E-state index contributed by atoms with van der Waals surface area (Å²) in [7, 11) is 0. The van der Waals surface area contributed by atoms with E-state index in [1.165, 1.54) is 35.4 Å². The van der Waals surface area contributed by atoms with Gasteiger partial charge < -0.3 is 14.0 Å². The van der Waals surface area contributed by atoms with Gasteiger partial charge in [-0.2, -0.15) is 0 Å². The van der Waals surface area contributed by atoms with Crippen LogP contribution in [-0.2, 0) is 4.74 Å². The first kappa shape index (κ1) is 18.7. The van der Waals surface area contributed by atoms with Gasteiger partial charge in [-0.1, -0.05) is 16.5 Å². The molecular weight excluding hydrogens is 399 g/mol. The molecule has 1 atom stereocenters. The Morgan fingerprint density at radius 1 is 1.36 bits per heavy atom. The van der Waals surface area contributed by atoms with Crippen molar-refractivity contribution in [3.63, 3.8) is 0 Å². The lowest BCUT2D eigenvalue weighted by Crippen LogP contribution is -2.37. The molecule has 0 bridgehead atoms. The quantitative estimate of drug-likeness (QED) is 0.629. The van der Waals surface area contributed by atoms with Gasteiger partial charge in [-0.05, 0) is 25.0 Å². The summed E-state index contributed by atoms with van der Waals surface area (Å²) in [6.45, 7) is 0.873. The zero-order chi connectivity index (χ0) is 19.7. The van der Waals surface area contributed by atoms with E-state index < -0.39 is 12.3 Å². The number of carbonyl (C=O) groups excluding carboxylic acids is 1. The summed E-state index contributed by atoms with van der Waals surface area (Å²) in [5.41, 5.74) is 0.456. The maximum Gasteiger partial charge on any atom is 0.573 e. The van der Waals surface area contributed by atoms with Crippen molar-refractivity contribution >= 4 is 32.6 Å². The fourth-order valence-corrected chi connectivity index (χ4v) is 3.91. The van der Waals surface area contributed by atoms with Crippen molar-refractivity contribution < 1.29 is 32.0 Å². The summed E-state index contributed by atoms with van der Waals surface area (Å²) in [4.78, 5) is 18.7. The summed E-state index contributed by atoms with van der Waals surface area (Å²) in [6, 6.07) is 5.28. The monoisotopic (exact) mass is 413 g/mol. The maximum atomic E-state index is 12.9. The van der Waals surface area contributed by atoms with Crippen LogP contribution in [0.1, 0.15) is 23.4 Å². The Morgan fingerprint density at radius 3 is 2.89 bits per heavy atom. The molecule has 1 fully saturated rings. The van der Waals surface area contributed by atoms with Crippen LogP contribution in [-0.4, -0.2) is 41.7 Å². The number of fused-ring (bicyclic) bond motifs is 1. The molecule has 3 aromatic rings. The minimum atomic E-state index is -4.78. The molecule has 148 valence electrons. The summed E-state index contributed by atoms with van der Waals surface area (Å²) in [5, 5.41) is 3.88. The molecular formula is C17H14F3N3O4S. The van der Waals surface area contributed by atoms with Crippen LogP contribution in [0.5, 0.6) is 5.75 Å². The van der Waals surface area contributed by atoms with E-state index in [1.807, 2.05) is 0 Å². The van der Waals surface area contributed by atoms with Crippen LogP contribution in [0.25, 0.3) is 10.2 Å². The Kier molecular flexibility index (Phi) is 4.94. The first-order valence-electron chi connectivity index (χ1n) is 8.39. The van der Waals surface area contributed by atoms with Crippen molar-refractivity contribution in [1.29, 1.82) is 0 Å². The Bertz CT molecular complexity index is 968. The molecule has 7 nitrogen and oxygen atoms in total. The molecule has 4 rings (SSSR count). The lowest BCUT2D eigenvalue weighted by atomic mass is 10.2. The van der Waals surface area contributed by atoms with E-state index >= 15 is 0 Å². The van der Waals surface area contributed by atoms with Gasteiger partial charge in [-0.15, -0.1) is 13.2 Å². The largest absolute Gasteiger partial charge is 0.573 e. The molecule has 1 saturated heterocycles. The van der Waals surface area contributed by atoms with Gasteiger partial charge in [0.05, 0.1) is 29.1 Å². The van der Waals surface area contributed by atoms with Crippen LogP contribution in [0.15, 0.2) is 35.0 Å². The van der Waals surface area contributed by atoms with Crippen molar-refractivity contribution in [2.24, 2.45) is 0 Å². The van der Waals surface area contributed by atoms with E-state index in [1.54, 1.807) is 0 Å². The summed E-state index contributed by atoms with van der Waals surface area (Å²) in [5.74, 6) is -0.750. The normalized spacial score (nSPS) is 17.2. The van der Waals surface area contributed by atoms with Gasteiger partial charge in [0.1, 0.15) is 5.75 Å². The average molecular weight is 413 g/mol. The fraction of sp³-hybridized carbons (Fsp3) is 0.353. The van der Waals surface area contributed by atoms with Crippen LogP contribution in [0, 0.1) is 0 Å². The third kappa shape index (κ3) is 4.09. The fourth-order valence-electron chi connectivity index (χ4n) is 2.90. The number of anilines is 1. The van der Waals surface area contributed by atoms with Crippen molar-refractivity contribution in [3.05, 3.63) is 36.2 Å². The molecule has 0 N–H and O–H groups in total. The highest BCUT2D eigenvalue weighted by molar-refractivity contribution is 7.22. The predicted octanol–water partition coefficient (Wildman–Crippen LogP) is 4.01. The lowest BCUT2D eigenvalue weighted by molar-refractivity contribution is -0.274. The zero-order valence-electron chi connectivity index (χ0n) is 14.3. The van der Waals surface area contributed by atoms with Gasteiger partial charge in [0.15, 0.2) is 5.13 Å². The van der Waals surface area contributed by atoms with Crippen molar-refractivity contribution in [1.82, 2.24) is 10.1 Å². The van der Waals surface area contributed by atoms with Gasteiger partial charge in [0.25, 0.3) is 5.91 Å². The zero-order valence-corrected chi connectivity index (χ0v) is 15.1. The second-order valence-electron chi connectivity index (χ2n) is 6.10. The minimum Gasteiger partial charge on any atom is -0.406 e. The number of alkyl halides is 3. The third-order valence-corrected chi connectivity index (χ3v) is 5.16. The molecule has 0 spiro atoms. The van der Waals surface area contributed by atoms with Crippen LogP contribution in [0.4, 0.5) is 18.3 Å². The van der Waals surface area contributed by atoms with Gasteiger partial charge in [0, 0.05) is 18.7 Å². The lowest BCUT2D eigenvalue weighted by Gasteiger charge is -2.21. The smallest absolute Gasteiger partial charge is 0.406 e. The SMILES string of the molecule is O=C(c1ccno1)N(CC1CCCO1)c1nc2ccc(OC(F)(F)F)cc2s1. The van der Waals surface area contributed by atoms with E-state index in [0.717, 1.165) is 24.2 Å². The summed E-state index contributed by atoms with van der Waals surface area (Å²) < 4.78 is 52.3. The van der Waals surface area contributed by atoms with E-state index in [0.29, 0.717) is 22.0 Å². The van der Waals surface area contributed by atoms with E-state index in [9.17, 15) is 18.0 Å². The topological polar surface area (TPSA) is 77.7 Å². The first-order chi connectivity index (χ1) is 13.4. The number of carbonyl (C=O) groups is 1. The molecule has 1 unspecified atom stereocenters. The summed E-state index contributed by atoms with van der Waals surface area (Å²) in [6.07, 6.45) is -1.88. The average Bonchev–Trinajstić information content (AvgIpc) is 3.37. The van der Waals surface area contributed by atoms with Crippen molar-refractivity contribution in [2.45, 2.75) is 25.3 Å². The highest BCUT2D eigenvalue weighted by atomic mass is 32.1. The highest BCUT2D eigenvalue weighted by Gasteiger charge is 2.32. The molecule has 1 aliphatic rings. The van der Waals surface area contributed by atoms with Gasteiger partial charge >= 0.3 is 6.36 Å². The number of amides is 1. The Labute approximate surface area is 160 Å². The van der Waals surface area contributed by atoms with Crippen LogP contribution >= 0.6 is 11.3 Å². The van der Waals surface area contributed by atoms with E-state index in [4.69, 9.17) is 9.26 Å². The first-order valence-corrected chi connectivity index (χ1v) is 9.21. The highest BCUT2D eigenvalue weighted by Crippen LogP contribution is 2.34. The second kappa shape index (κ2) is 7.40. The maximum absolute atomic E-state index is 12.9. The molecule has 1 amide bonds. The number of thiazole rings is 1. The molecule has 0 aliphatic carbocycles. The number of hydrogen-bond donors (Lipinski definition) is 0. The number of rotatable bonds is 5. The van der Waals surface area contributed by atoms with Crippen LogP contribution in [0.3, 0.4) is 0 Å². The molecule has 0 saturated carbocycles. The number of benzene rings is 1. The number of aromatic nitrogens is 2. The van der Waals surface area contributed by atoms with Crippen LogP contribution in [0.2, 0.25) is 0 Å². The van der Waals surface area contributed by atoms with Gasteiger partial charge in [-0.25, -0.2) is 4.98 Å². The molecule has 3 heterocycles.